The van der Waals surface area contributed by atoms with Gasteiger partial charge in [0.05, 0.1) is 5.69 Å². The number of rotatable bonds is 1. The summed E-state index contributed by atoms with van der Waals surface area (Å²) in [6.45, 7) is 4.42. The molecular weight excluding hydrogens is 248 g/mol. The molecule has 3 rings (SSSR count). The minimum absolute atomic E-state index is 0.0558. The molecule has 0 radical (unpaired) electrons. The topological polar surface area (TPSA) is 55.0 Å². The van der Waals surface area contributed by atoms with Gasteiger partial charge in [-0.1, -0.05) is 26.0 Å². The Morgan fingerprint density at radius 1 is 1.20 bits per heavy atom. The number of fused-ring (bicyclic) bond motifs is 3. The predicted octanol–water partition coefficient (Wildman–Crippen LogP) is 2.63. The summed E-state index contributed by atoms with van der Waals surface area (Å²) in [5.74, 6) is 0.598. The molecule has 104 valence electrons. The number of aromatic nitrogens is 2. The van der Waals surface area contributed by atoms with E-state index in [0.29, 0.717) is 5.82 Å². The number of hydrogen-bond acceptors (Lipinski definition) is 4. The first kappa shape index (κ1) is 12.9. The number of hydrogen-bond donors (Lipinski definition) is 1. The molecule has 4 heteroatoms. The molecule has 0 fully saturated rings. The lowest BCUT2D eigenvalue weighted by molar-refractivity contribution is 0.515. The van der Waals surface area contributed by atoms with Crippen molar-refractivity contribution < 1.29 is 0 Å². The van der Waals surface area contributed by atoms with Gasteiger partial charge in [-0.3, -0.25) is 0 Å². The number of benzene rings is 1. The summed E-state index contributed by atoms with van der Waals surface area (Å²) in [6.07, 6.45) is 2.50. The lowest BCUT2D eigenvalue weighted by atomic mass is 9.71. The first-order valence-corrected chi connectivity index (χ1v) is 6.82. The zero-order chi connectivity index (χ0) is 14.5. The Morgan fingerprint density at radius 2 is 1.95 bits per heavy atom. The predicted molar refractivity (Wildman–Crippen MR) is 82.9 cm³/mol. The Balaban J connectivity index is 2.35. The zero-order valence-electron chi connectivity index (χ0n) is 12.4. The molecule has 0 bridgehead atoms. The van der Waals surface area contributed by atoms with E-state index in [4.69, 9.17) is 5.73 Å². The highest BCUT2D eigenvalue weighted by molar-refractivity contribution is 5.80. The van der Waals surface area contributed by atoms with E-state index in [9.17, 15) is 0 Å². The van der Waals surface area contributed by atoms with Crippen LogP contribution in [0.3, 0.4) is 0 Å². The first-order chi connectivity index (χ1) is 9.42. The van der Waals surface area contributed by atoms with Crippen molar-refractivity contribution in [3.63, 3.8) is 0 Å². The highest BCUT2D eigenvalue weighted by Crippen LogP contribution is 2.46. The van der Waals surface area contributed by atoms with Crippen LogP contribution in [0.4, 0.5) is 11.5 Å². The van der Waals surface area contributed by atoms with Crippen LogP contribution in [0, 0.1) is 0 Å². The fourth-order valence-corrected chi connectivity index (χ4v) is 3.20. The maximum absolute atomic E-state index is 6.11. The van der Waals surface area contributed by atoms with Gasteiger partial charge in [0, 0.05) is 30.9 Å². The smallest absolute Gasteiger partial charge is 0.131 e. The second kappa shape index (κ2) is 4.20. The molecule has 2 N–H and O–H groups in total. The summed E-state index contributed by atoms with van der Waals surface area (Å²) in [7, 11) is 4.15. The molecule has 4 nitrogen and oxygen atoms in total. The number of nitrogens with zero attached hydrogens (tertiary/aromatic N) is 3. The van der Waals surface area contributed by atoms with Crippen molar-refractivity contribution >= 4 is 11.5 Å². The molecule has 1 aromatic carbocycles. The first-order valence-electron chi connectivity index (χ1n) is 6.82. The minimum atomic E-state index is -0.0558. The molecular formula is C16H20N4. The summed E-state index contributed by atoms with van der Waals surface area (Å²) in [6, 6.07) is 6.36. The molecule has 1 aromatic heterocycles. The normalized spacial score (nSPS) is 15.4. The van der Waals surface area contributed by atoms with Crippen LogP contribution in [0.2, 0.25) is 0 Å². The molecule has 0 amide bonds. The summed E-state index contributed by atoms with van der Waals surface area (Å²) in [4.78, 5) is 10.8. The second-order valence-corrected chi connectivity index (χ2v) is 6.24. The molecule has 1 heterocycles. The van der Waals surface area contributed by atoms with Crippen LogP contribution < -0.4 is 10.6 Å². The second-order valence-electron chi connectivity index (χ2n) is 6.24. The Labute approximate surface area is 119 Å². The highest BCUT2D eigenvalue weighted by atomic mass is 15.1. The van der Waals surface area contributed by atoms with Crippen molar-refractivity contribution in [1.82, 2.24) is 9.97 Å². The standard InChI is InChI=1S/C16H20N4/c1-16(2)8-11-10(6-5-7-12(11)20(3)4)14-13(16)15(17)19-9-18-14/h5-7,9H,8H2,1-4H3,(H2,17,18,19). The van der Waals surface area contributed by atoms with Gasteiger partial charge in [0.25, 0.3) is 0 Å². The molecule has 0 atom stereocenters. The van der Waals surface area contributed by atoms with Crippen LogP contribution in [0.5, 0.6) is 0 Å². The average molecular weight is 268 g/mol. The average Bonchev–Trinajstić information content (AvgIpc) is 2.37. The molecule has 0 spiro atoms. The Kier molecular flexibility index (Phi) is 2.71. The van der Waals surface area contributed by atoms with Crippen molar-refractivity contribution in [2.24, 2.45) is 0 Å². The van der Waals surface area contributed by atoms with Crippen molar-refractivity contribution in [2.75, 3.05) is 24.7 Å². The van der Waals surface area contributed by atoms with Gasteiger partial charge < -0.3 is 10.6 Å². The summed E-state index contributed by atoms with van der Waals surface area (Å²) in [5.41, 5.74) is 11.9. The van der Waals surface area contributed by atoms with Gasteiger partial charge in [-0.25, -0.2) is 9.97 Å². The van der Waals surface area contributed by atoms with E-state index in [1.165, 1.54) is 16.8 Å². The monoisotopic (exact) mass is 268 g/mol. The lowest BCUT2D eigenvalue weighted by Crippen LogP contribution is -2.29. The highest BCUT2D eigenvalue weighted by Gasteiger charge is 2.35. The van der Waals surface area contributed by atoms with Crippen LogP contribution in [-0.4, -0.2) is 24.1 Å². The largest absolute Gasteiger partial charge is 0.383 e. The Bertz CT molecular complexity index is 674. The fraction of sp³-hybridized carbons (Fsp3) is 0.375. The van der Waals surface area contributed by atoms with E-state index in [1.54, 1.807) is 6.33 Å². The number of nitrogen functional groups attached to an aromatic ring is 1. The molecule has 1 aliphatic carbocycles. The maximum Gasteiger partial charge on any atom is 0.131 e. The van der Waals surface area contributed by atoms with Crippen molar-refractivity contribution in [3.8, 4) is 11.3 Å². The van der Waals surface area contributed by atoms with E-state index in [2.05, 4.69) is 61.0 Å². The summed E-state index contributed by atoms with van der Waals surface area (Å²) >= 11 is 0. The SMILES string of the molecule is CN(C)c1cccc2c1CC(C)(C)c1c(N)ncnc1-2. The fourth-order valence-electron chi connectivity index (χ4n) is 3.20. The van der Waals surface area contributed by atoms with Gasteiger partial charge in [-0.05, 0) is 23.5 Å². The molecule has 0 unspecified atom stereocenters. The van der Waals surface area contributed by atoms with Crippen LogP contribution >= 0.6 is 0 Å². The van der Waals surface area contributed by atoms with Gasteiger partial charge in [-0.2, -0.15) is 0 Å². The van der Waals surface area contributed by atoms with Gasteiger partial charge in [0.15, 0.2) is 0 Å². The van der Waals surface area contributed by atoms with Crippen LogP contribution in [0.25, 0.3) is 11.3 Å². The summed E-state index contributed by atoms with van der Waals surface area (Å²) in [5, 5.41) is 0. The molecule has 2 aromatic rings. The molecule has 0 saturated heterocycles. The van der Waals surface area contributed by atoms with E-state index in [0.717, 1.165) is 17.7 Å². The number of nitrogens with two attached hydrogens (primary N) is 1. The van der Waals surface area contributed by atoms with Crippen LogP contribution in [0.15, 0.2) is 24.5 Å². The van der Waals surface area contributed by atoms with Crippen LogP contribution in [0.1, 0.15) is 25.0 Å². The third kappa shape index (κ3) is 1.75. The molecule has 20 heavy (non-hydrogen) atoms. The van der Waals surface area contributed by atoms with Gasteiger partial charge in [0.1, 0.15) is 12.1 Å². The van der Waals surface area contributed by atoms with Crippen molar-refractivity contribution in [1.29, 1.82) is 0 Å². The van der Waals surface area contributed by atoms with Crippen molar-refractivity contribution in [3.05, 3.63) is 35.7 Å². The van der Waals surface area contributed by atoms with E-state index < -0.39 is 0 Å². The van der Waals surface area contributed by atoms with E-state index in [-0.39, 0.29) is 5.41 Å². The lowest BCUT2D eigenvalue weighted by Gasteiger charge is -2.35. The van der Waals surface area contributed by atoms with Gasteiger partial charge in [0.2, 0.25) is 0 Å². The Hall–Kier alpha value is -2.10. The van der Waals surface area contributed by atoms with Crippen molar-refractivity contribution in [2.45, 2.75) is 25.7 Å². The molecule has 1 aliphatic rings. The molecule has 0 aliphatic heterocycles. The third-order valence-corrected chi connectivity index (χ3v) is 4.06. The number of anilines is 2. The van der Waals surface area contributed by atoms with Gasteiger partial charge >= 0.3 is 0 Å². The zero-order valence-corrected chi connectivity index (χ0v) is 12.4. The third-order valence-electron chi connectivity index (χ3n) is 4.06. The van der Waals surface area contributed by atoms with E-state index in [1.807, 2.05) is 0 Å². The van der Waals surface area contributed by atoms with Crippen LogP contribution in [-0.2, 0) is 11.8 Å². The molecule has 0 saturated carbocycles. The quantitative estimate of drug-likeness (QED) is 0.864. The minimum Gasteiger partial charge on any atom is -0.383 e. The van der Waals surface area contributed by atoms with E-state index >= 15 is 0 Å². The Morgan fingerprint density at radius 3 is 2.65 bits per heavy atom. The van der Waals surface area contributed by atoms with Gasteiger partial charge in [-0.15, -0.1) is 0 Å². The summed E-state index contributed by atoms with van der Waals surface area (Å²) < 4.78 is 0. The maximum atomic E-state index is 6.11.